The van der Waals surface area contributed by atoms with E-state index in [1.165, 1.54) is 11.3 Å². The Kier molecular flexibility index (Phi) is 4.84. The third kappa shape index (κ3) is 3.21. The van der Waals surface area contributed by atoms with Crippen molar-refractivity contribution >= 4 is 39.1 Å². The summed E-state index contributed by atoms with van der Waals surface area (Å²) in [6.45, 7) is 1.88. The van der Waals surface area contributed by atoms with Crippen molar-refractivity contribution in [2.75, 3.05) is 19.7 Å². The molecule has 2 aliphatic rings. The molecule has 2 atom stereocenters. The number of likely N-dealkylation sites (tertiary alicyclic amines) is 1. The van der Waals surface area contributed by atoms with Gasteiger partial charge in [0.25, 0.3) is 5.91 Å². The normalized spacial score (nSPS) is 26.3. The molecule has 0 bridgehead atoms. The molecule has 0 aromatic carbocycles. The lowest BCUT2D eigenvalue weighted by atomic mass is 9.84. The van der Waals surface area contributed by atoms with E-state index in [1.54, 1.807) is 0 Å². The minimum absolute atomic E-state index is 0.0660. The van der Waals surface area contributed by atoms with Crippen LogP contribution in [0.3, 0.4) is 0 Å². The maximum atomic E-state index is 12.4. The molecule has 1 amide bonds. The van der Waals surface area contributed by atoms with E-state index < -0.39 is 5.97 Å². The van der Waals surface area contributed by atoms with Gasteiger partial charge in [0.05, 0.1) is 16.9 Å². The maximum Gasteiger partial charge on any atom is 0.309 e. The SMILES string of the molecule is O=C(O)C1CCO[C@H]1C1CCN(C(=O)c2cc(Br)cs2)CC1. The summed E-state index contributed by atoms with van der Waals surface area (Å²) in [5.41, 5.74) is 0. The number of amides is 1. The fraction of sp³-hybridized carbons (Fsp3) is 0.600. The van der Waals surface area contributed by atoms with Crippen molar-refractivity contribution in [1.29, 1.82) is 0 Å². The molecule has 1 unspecified atom stereocenters. The number of hydrogen-bond donors (Lipinski definition) is 1. The van der Waals surface area contributed by atoms with Gasteiger partial charge >= 0.3 is 5.97 Å². The number of nitrogens with zero attached hydrogens (tertiary/aromatic N) is 1. The number of thiophene rings is 1. The number of carboxylic acids is 1. The standard InChI is InChI=1S/C15H18BrNO4S/c16-10-7-12(22-8-10)14(18)17-4-1-9(2-5-17)13-11(15(19)20)3-6-21-13/h7-9,11,13H,1-6H2,(H,19,20)/t11?,13-/m0/s1. The smallest absolute Gasteiger partial charge is 0.309 e. The number of carbonyl (C=O) groups is 2. The number of carbonyl (C=O) groups excluding carboxylic acids is 1. The molecule has 2 saturated heterocycles. The second kappa shape index (κ2) is 6.68. The van der Waals surface area contributed by atoms with Gasteiger partial charge in [0, 0.05) is 29.5 Å². The summed E-state index contributed by atoms with van der Waals surface area (Å²) >= 11 is 4.81. The van der Waals surface area contributed by atoms with E-state index in [-0.39, 0.29) is 23.8 Å². The van der Waals surface area contributed by atoms with Crippen molar-refractivity contribution in [1.82, 2.24) is 4.90 Å². The number of halogens is 1. The molecule has 1 aromatic heterocycles. The third-order valence-electron chi connectivity index (χ3n) is 4.52. The number of ether oxygens (including phenoxy) is 1. The fourth-order valence-electron chi connectivity index (χ4n) is 3.35. The van der Waals surface area contributed by atoms with Crippen LogP contribution in [0, 0.1) is 11.8 Å². The quantitative estimate of drug-likeness (QED) is 0.865. The van der Waals surface area contributed by atoms with Crippen LogP contribution in [0.2, 0.25) is 0 Å². The average molecular weight is 388 g/mol. The van der Waals surface area contributed by atoms with Crippen LogP contribution in [0.5, 0.6) is 0 Å². The highest BCUT2D eigenvalue weighted by atomic mass is 79.9. The second-order valence-corrected chi connectivity index (χ2v) is 7.65. The van der Waals surface area contributed by atoms with Crippen LogP contribution in [-0.4, -0.2) is 47.7 Å². The van der Waals surface area contributed by atoms with Crippen molar-refractivity contribution in [3.63, 3.8) is 0 Å². The number of carboxylic acid groups (broad SMARTS) is 1. The first-order chi connectivity index (χ1) is 10.6. The largest absolute Gasteiger partial charge is 0.481 e. The first-order valence-electron chi connectivity index (χ1n) is 7.44. The van der Waals surface area contributed by atoms with E-state index >= 15 is 0 Å². The Morgan fingerprint density at radius 3 is 2.64 bits per heavy atom. The summed E-state index contributed by atoms with van der Waals surface area (Å²) in [4.78, 5) is 26.3. The molecule has 120 valence electrons. The van der Waals surface area contributed by atoms with Crippen LogP contribution >= 0.6 is 27.3 Å². The van der Waals surface area contributed by atoms with Gasteiger partial charge in [-0.1, -0.05) is 0 Å². The van der Waals surface area contributed by atoms with Gasteiger partial charge in [-0.2, -0.15) is 0 Å². The van der Waals surface area contributed by atoms with Crippen molar-refractivity contribution < 1.29 is 19.4 Å². The lowest BCUT2D eigenvalue weighted by Crippen LogP contribution is -2.43. The summed E-state index contributed by atoms with van der Waals surface area (Å²) < 4.78 is 6.59. The highest BCUT2D eigenvalue weighted by molar-refractivity contribution is 9.10. The summed E-state index contributed by atoms with van der Waals surface area (Å²) in [7, 11) is 0. The van der Waals surface area contributed by atoms with Crippen LogP contribution in [0.4, 0.5) is 0 Å². The van der Waals surface area contributed by atoms with Crippen LogP contribution in [0.25, 0.3) is 0 Å². The summed E-state index contributed by atoms with van der Waals surface area (Å²) in [6, 6.07) is 1.85. The van der Waals surface area contributed by atoms with E-state index in [1.807, 2.05) is 16.3 Å². The topological polar surface area (TPSA) is 66.8 Å². The van der Waals surface area contributed by atoms with Gasteiger partial charge < -0.3 is 14.7 Å². The molecule has 0 aliphatic carbocycles. The van der Waals surface area contributed by atoms with Crippen molar-refractivity contribution in [2.24, 2.45) is 11.8 Å². The molecule has 0 radical (unpaired) electrons. The zero-order valence-electron chi connectivity index (χ0n) is 12.0. The van der Waals surface area contributed by atoms with Crippen molar-refractivity contribution in [3.8, 4) is 0 Å². The van der Waals surface area contributed by atoms with Crippen LogP contribution in [-0.2, 0) is 9.53 Å². The lowest BCUT2D eigenvalue weighted by Gasteiger charge is -2.35. The molecule has 1 aromatic rings. The monoisotopic (exact) mass is 387 g/mol. The Hall–Kier alpha value is -0.920. The fourth-order valence-corrected chi connectivity index (χ4v) is 4.75. The zero-order chi connectivity index (χ0) is 15.7. The molecular formula is C15H18BrNO4S. The summed E-state index contributed by atoms with van der Waals surface area (Å²) in [5, 5.41) is 11.2. The predicted octanol–water partition coefficient (Wildman–Crippen LogP) is 2.85. The van der Waals surface area contributed by atoms with E-state index in [4.69, 9.17) is 4.74 Å². The molecule has 0 spiro atoms. The van der Waals surface area contributed by atoms with Gasteiger partial charge in [0.2, 0.25) is 0 Å². The van der Waals surface area contributed by atoms with E-state index in [2.05, 4.69) is 15.9 Å². The Morgan fingerprint density at radius 2 is 2.05 bits per heavy atom. The van der Waals surface area contributed by atoms with Gasteiger partial charge in [-0.15, -0.1) is 11.3 Å². The molecule has 1 N–H and O–H groups in total. The summed E-state index contributed by atoms with van der Waals surface area (Å²) in [6.07, 6.45) is 2.03. The Bertz CT molecular complexity index is 568. The predicted molar refractivity (Wildman–Crippen MR) is 86.1 cm³/mol. The van der Waals surface area contributed by atoms with Crippen LogP contribution in [0.15, 0.2) is 15.9 Å². The molecule has 0 saturated carbocycles. The Balaban J connectivity index is 1.58. The van der Waals surface area contributed by atoms with Gasteiger partial charge in [-0.25, -0.2) is 0 Å². The van der Waals surface area contributed by atoms with Crippen molar-refractivity contribution in [2.45, 2.75) is 25.4 Å². The van der Waals surface area contributed by atoms with Crippen LogP contribution < -0.4 is 0 Å². The van der Waals surface area contributed by atoms with Gasteiger partial charge in [-0.3, -0.25) is 9.59 Å². The minimum atomic E-state index is -0.760. The highest BCUT2D eigenvalue weighted by Gasteiger charge is 2.40. The van der Waals surface area contributed by atoms with Gasteiger partial charge in [-0.05, 0) is 47.2 Å². The molecular weight excluding hydrogens is 370 g/mol. The van der Waals surface area contributed by atoms with Gasteiger partial charge in [0.1, 0.15) is 0 Å². The molecule has 3 heterocycles. The maximum absolute atomic E-state index is 12.4. The first kappa shape index (κ1) is 16.0. The summed E-state index contributed by atoms with van der Waals surface area (Å²) in [5.74, 6) is -0.844. The first-order valence-corrected chi connectivity index (χ1v) is 9.11. The second-order valence-electron chi connectivity index (χ2n) is 5.83. The highest BCUT2D eigenvalue weighted by Crippen LogP contribution is 2.34. The molecule has 2 fully saturated rings. The lowest BCUT2D eigenvalue weighted by molar-refractivity contribution is -0.145. The zero-order valence-corrected chi connectivity index (χ0v) is 14.4. The minimum Gasteiger partial charge on any atom is -0.481 e. The number of piperidine rings is 1. The number of hydrogen-bond acceptors (Lipinski definition) is 4. The average Bonchev–Trinajstić information content (AvgIpc) is 3.15. The van der Waals surface area contributed by atoms with E-state index in [9.17, 15) is 14.7 Å². The van der Waals surface area contributed by atoms with Crippen molar-refractivity contribution in [3.05, 3.63) is 20.8 Å². The number of rotatable bonds is 3. The van der Waals surface area contributed by atoms with Crippen LogP contribution in [0.1, 0.15) is 28.9 Å². The molecule has 2 aliphatic heterocycles. The van der Waals surface area contributed by atoms with Gasteiger partial charge in [0.15, 0.2) is 0 Å². The molecule has 22 heavy (non-hydrogen) atoms. The molecule has 3 rings (SSSR count). The number of aliphatic carboxylic acids is 1. The molecule has 5 nitrogen and oxygen atoms in total. The third-order valence-corrected chi connectivity index (χ3v) is 6.20. The Morgan fingerprint density at radius 1 is 1.32 bits per heavy atom. The molecule has 7 heteroatoms. The van der Waals surface area contributed by atoms with E-state index in [0.29, 0.717) is 26.1 Å². The Labute approximate surface area is 141 Å². The van der Waals surface area contributed by atoms with E-state index in [0.717, 1.165) is 22.2 Å².